The van der Waals surface area contributed by atoms with Crippen LogP contribution >= 0.6 is 0 Å². The summed E-state index contributed by atoms with van der Waals surface area (Å²) in [5, 5.41) is 3.32. The van der Waals surface area contributed by atoms with Crippen LogP contribution in [0, 0.1) is 0 Å². The summed E-state index contributed by atoms with van der Waals surface area (Å²) in [6.07, 6.45) is 2.81. The predicted molar refractivity (Wildman–Crippen MR) is 118 cm³/mol. The van der Waals surface area contributed by atoms with Crippen LogP contribution in [-0.2, 0) is 37.9 Å². The summed E-state index contributed by atoms with van der Waals surface area (Å²) in [7, 11) is 0. The van der Waals surface area contributed by atoms with Gasteiger partial charge >= 0.3 is 0 Å². The van der Waals surface area contributed by atoms with E-state index < -0.39 is 0 Å². The highest BCUT2D eigenvalue weighted by Gasteiger charge is 2.12. The molecule has 0 atom stereocenters. The summed E-state index contributed by atoms with van der Waals surface area (Å²) in [6, 6.07) is 0. The number of rotatable bonds is 23. The van der Waals surface area contributed by atoms with E-state index in [0.29, 0.717) is 98.6 Å². The third kappa shape index (κ3) is 21.3. The van der Waals surface area contributed by atoms with Gasteiger partial charge in [0.15, 0.2) is 0 Å². The number of piperidine rings is 1. The maximum absolute atomic E-state index is 5.77. The van der Waals surface area contributed by atoms with Crippen molar-refractivity contribution in [1.82, 2.24) is 5.32 Å². The van der Waals surface area contributed by atoms with Crippen LogP contribution in [0.4, 0.5) is 0 Å². The van der Waals surface area contributed by atoms with E-state index in [1.165, 1.54) is 0 Å². The van der Waals surface area contributed by atoms with E-state index in [4.69, 9.17) is 37.9 Å². The molecule has 1 aliphatic heterocycles. The van der Waals surface area contributed by atoms with E-state index in [2.05, 4.69) is 5.32 Å². The highest BCUT2D eigenvalue weighted by atomic mass is 16.6. The largest absolute Gasteiger partial charge is 0.377 e. The maximum Gasteiger partial charge on any atom is 0.0704 e. The first kappa shape index (κ1) is 28.7. The molecule has 9 heteroatoms. The molecule has 0 saturated carbocycles. The standard InChI is InChI=1S/C22H45NO8/c1-21(2)30-19-17-28-15-13-26-11-9-24-7-8-25-10-12-27-14-16-29-18-20-31-22-3-5-23-6-4-22/h21-23H,3-20H2,1-2H3. The third-order valence-electron chi connectivity index (χ3n) is 4.41. The van der Waals surface area contributed by atoms with Crippen molar-refractivity contribution in [3.8, 4) is 0 Å². The Labute approximate surface area is 188 Å². The van der Waals surface area contributed by atoms with Crippen LogP contribution in [0.1, 0.15) is 26.7 Å². The zero-order chi connectivity index (χ0) is 22.2. The Hall–Kier alpha value is -0.360. The first-order chi connectivity index (χ1) is 15.3. The Balaban J connectivity index is 1.63. The van der Waals surface area contributed by atoms with Crippen LogP contribution in [0.15, 0.2) is 0 Å². The van der Waals surface area contributed by atoms with E-state index >= 15 is 0 Å². The van der Waals surface area contributed by atoms with Crippen molar-refractivity contribution in [2.24, 2.45) is 0 Å². The lowest BCUT2D eigenvalue weighted by Gasteiger charge is -2.22. The van der Waals surface area contributed by atoms with Gasteiger partial charge in [-0.05, 0) is 39.8 Å². The van der Waals surface area contributed by atoms with Crippen molar-refractivity contribution in [3.05, 3.63) is 0 Å². The molecule has 1 N–H and O–H groups in total. The second kappa shape index (κ2) is 22.8. The molecule has 0 spiro atoms. The van der Waals surface area contributed by atoms with Crippen LogP contribution < -0.4 is 5.32 Å². The first-order valence-corrected chi connectivity index (χ1v) is 11.7. The molecule has 0 aromatic heterocycles. The molecule has 0 aromatic carbocycles. The molecule has 0 aromatic rings. The molecule has 1 aliphatic rings. The van der Waals surface area contributed by atoms with Gasteiger partial charge in [0.05, 0.1) is 105 Å². The van der Waals surface area contributed by atoms with Crippen molar-refractivity contribution in [2.45, 2.75) is 38.9 Å². The van der Waals surface area contributed by atoms with E-state index in [-0.39, 0.29) is 6.10 Å². The monoisotopic (exact) mass is 451 g/mol. The molecular weight excluding hydrogens is 406 g/mol. The van der Waals surface area contributed by atoms with Crippen LogP contribution in [-0.4, -0.2) is 118 Å². The molecule has 1 heterocycles. The van der Waals surface area contributed by atoms with Gasteiger partial charge in [0.1, 0.15) is 0 Å². The van der Waals surface area contributed by atoms with E-state index in [1.807, 2.05) is 13.8 Å². The zero-order valence-electron chi connectivity index (χ0n) is 19.6. The fourth-order valence-corrected chi connectivity index (χ4v) is 2.78. The molecule has 0 bridgehead atoms. The molecule has 0 aliphatic carbocycles. The Morgan fingerprint density at radius 2 is 0.903 bits per heavy atom. The fourth-order valence-electron chi connectivity index (χ4n) is 2.78. The smallest absolute Gasteiger partial charge is 0.0704 e. The Morgan fingerprint density at radius 3 is 1.29 bits per heavy atom. The lowest BCUT2D eigenvalue weighted by molar-refractivity contribution is -0.0320. The van der Waals surface area contributed by atoms with E-state index in [0.717, 1.165) is 25.9 Å². The number of hydrogen-bond acceptors (Lipinski definition) is 9. The summed E-state index contributed by atoms with van der Waals surface area (Å²) >= 11 is 0. The van der Waals surface area contributed by atoms with Crippen LogP contribution in [0.25, 0.3) is 0 Å². The molecule has 0 radical (unpaired) electrons. The van der Waals surface area contributed by atoms with Crippen molar-refractivity contribution in [1.29, 1.82) is 0 Å². The Kier molecular flexibility index (Phi) is 21.1. The summed E-state index contributed by atoms with van der Waals surface area (Å²) < 4.78 is 43.8. The molecule has 31 heavy (non-hydrogen) atoms. The van der Waals surface area contributed by atoms with Gasteiger partial charge in [0.2, 0.25) is 0 Å². The van der Waals surface area contributed by atoms with Crippen molar-refractivity contribution in [3.63, 3.8) is 0 Å². The lowest BCUT2D eigenvalue weighted by atomic mass is 10.1. The Morgan fingerprint density at radius 1 is 0.548 bits per heavy atom. The average Bonchev–Trinajstić information content (AvgIpc) is 2.77. The van der Waals surface area contributed by atoms with Gasteiger partial charge in [-0.2, -0.15) is 0 Å². The molecule has 1 saturated heterocycles. The number of hydrogen-bond donors (Lipinski definition) is 1. The first-order valence-electron chi connectivity index (χ1n) is 11.7. The highest BCUT2D eigenvalue weighted by molar-refractivity contribution is 4.67. The number of nitrogens with one attached hydrogen (secondary N) is 1. The molecule has 186 valence electrons. The van der Waals surface area contributed by atoms with Gasteiger partial charge in [0, 0.05) is 0 Å². The van der Waals surface area contributed by atoms with Crippen LogP contribution in [0.5, 0.6) is 0 Å². The summed E-state index contributed by atoms with van der Waals surface area (Å²) in [5.74, 6) is 0. The maximum atomic E-state index is 5.77. The summed E-state index contributed by atoms with van der Waals surface area (Å²) in [5.41, 5.74) is 0. The normalized spacial score (nSPS) is 15.2. The van der Waals surface area contributed by atoms with Gasteiger partial charge in [-0.3, -0.25) is 0 Å². The Bertz CT molecular complexity index is 356. The van der Waals surface area contributed by atoms with Gasteiger partial charge in [-0.15, -0.1) is 0 Å². The van der Waals surface area contributed by atoms with E-state index in [9.17, 15) is 0 Å². The van der Waals surface area contributed by atoms with Gasteiger partial charge in [-0.25, -0.2) is 0 Å². The predicted octanol–water partition coefficient (Wildman–Crippen LogP) is 1.28. The quantitative estimate of drug-likeness (QED) is 0.231. The summed E-state index contributed by atoms with van der Waals surface area (Å²) in [4.78, 5) is 0. The molecular formula is C22H45NO8. The fraction of sp³-hybridized carbons (Fsp3) is 1.00. The molecule has 0 unspecified atom stereocenters. The second-order valence-corrected chi connectivity index (χ2v) is 7.41. The van der Waals surface area contributed by atoms with E-state index in [1.54, 1.807) is 0 Å². The molecule has 9 nitrogen and oxygen atoms in total. The summed E-state index contributed by atoms with van der Waals surface area (Å²) in [6.45, 7) is 14.2. The van der Waals surface area contributed by atoms with Crippen molar-refractivity contribution in [2.75, 3.05) is 106 Å². The van der Waals surface area contributed by atoms with Crippen LogP contribution in [0.2, 0.25) is 0 Å². The van der Waals surface area contributed by atoms with Gasteiger partial charge in [-0.1, -0.05) is 0 Å². The minimum Gasteiger partial charge on any atom is -0.377 e. The van der Waals surface area contributed by atoms with Gasteiger partial charge in [0.25, 0.3) is 0 Å². The van der Waals surface area contributed by atoms with Crippen molar-refractivity contribution < 1.29 is 37.9 Å². The topological polar surface area (TPSA) is 85.9 Å². The van der Waals surface area contributed by atoms with Crippen LogP contribution in [0.3, 0.4) is 0 Å². The third-order valence-corrected chi connectivity index (χ3v) is 4.41. The highest BCUT2D eigenvalue weighted by Crippen LogP contribution is 2.06. The molecule has 0 amide bonds. The van der Waals surface area contributed by atoms with Gasteiger partial charge < -0.3 is 43.2 Å². The lowest BCUT2D eigenvalue weighted by Crippen LogP contribution is -2.33. The molecule has 1 rings (SSSR count). The minimum absolute atomic E-state index is 0.243. The second-order valence-electron chi connectivity index (χ2n) is 7.41. The average molecular weight is 452 g/mol. The molecule has 1 fully saturated rings. The minimum atomic E-state index is 0.243. The zero-order valence-corrected chi connectivity index (χ0v) is 19.6. The van der Waals surface area contributed by atoms with Crippen molar-refractivity contribution >= 4 is 0 Å². The number of ether oxygens (including phenoxy) is 8. The SMILES string of the molecule is CC(C)OCCOCCOCCOCCOCCOCCOCCOC1CCNCC1.